The monoisotopic (exact) mass is 423 g/mol. The molecule has 2 aromatic heterocycles. The number of carbonyl (C=O) groups is 1. The molecule has 4 aromatic rings. The number of aromatic nitrogens is 2. The molecule has 1 N–H and O–H groups in total. The smallest absolute Gasteiger partial charge is 0.273 e. The van der Waals surface area contributed by atoms with Gasteiger partial charge in [-0.15, -0.1) is 0 Å². The molecule has 0 bridgehead atoms. The van der Waals surface area contributed by atoms with Gasteiger partial charge >= 0.3 is 0 Å². The SMILES string of the molecule is COc1ccc2c(c1)c(C[C@H](C)NC(=O)c1cc(-c3ccc(Cl)cc3)on1)cn2C. The highest BCUT2D eigenvalue weighted by Gasteiger charge is 2.17. The minimum absolute atomic E-state index is 0.0926. The van der Waals surface area contributed by atoms with Crippen molar-refractivity contribution in [3.05, 3.63) is 71.0 Å². The number of benzene rings is 2. The minimum atomic E-state index is -0.274. The van der Waals surface area contributed by atoms with E-state index in [0.717, 1.165) is 27.8 Å². The van der Waals surface area contributed by atoms with Crippen molar-refractivity contribution in [2.24, 2.45) is 7.05 Å². The number of halogens is 1. The van der Waals surface area contributed by atoms with Crippen molar-refractivity contribution in [3.63, 3.8) is 0 Å². The molecule has 0 saturated heterocycles. The van der Waals surface area contributed by atoms with Crippen molar-refractivity contribution in [1.29, 1.82) is 0 Å². The summed E-state index contributed by atoms with van der Waals surface area (Å²) in [5.74, 6) is 1.05. The second kappa shape index (κ2) is 8.24. The lowest BCUT2D eigenvalue weighted by Crippen LogP contribution is -2.34. The first-order valence-electron chi connectivity index (χ1n) is 9.60. The Morgan fingerprint density at radius 2 is 2.00 bits per heavy atom. The van der Waals surface area contributed by atoms with Gasteiger partial charge in [-0.1, -0.05) is 16.8 Å². The highest BCUT2D eigenvalue weighted by atomic mass is 35.5. The van der Waals surface area contributed by atoms with Crippen LogP contribution in [0.25, 0.3) is 22.2 Å². The summed E-state index contributed by atoms with van der Waals surface area (Å²) in [5.41, 5.74) is 3.31. The zero-order chi connectivity index (χ0) is 21.3. The summed E-state index contributed by atoms with van der Waals surface area (Å²) in [6.07, 6.45) is 2.76. The van der Waals surface area contributed by atoms with Gasteiger partial charge in [0.15, 0.2) is 11.5 Å². The molecule has 0 fully saturated rings. The van der Waals surface area contributed by atoms with Crippen LogP contribution >= 0.6 is 11.6 Å². The number of hydrogen-bond acceptors (Lipinski definition) is 4. The van der Waals surface area contributed by atoms with Gasteiger partial charge in [0.25, 0.3) is 5.91 Å². The molecule has 2 heterocycles. The van der Waals surface area contributed by atoms with Crippen LogP contribution in [0.3, 0.4) is 0 Å². The number of hydrogen-bond donors (Lipinski definition) is 1. The predicted octanol–water partition coefficient (Wildman–Crippen LogP) is 4.86. The molecule has 1 amide bonds. The van der Waals surface area contributed by atoms with Crippen LogP contribution in [0.15, 0.2) is 59.3 Å². The number of nitrogens with zero attached hydrogens (tertiary/aromatic N) is 2. The van der Waals surface area contributed by atoms with E-state index in [9.17, 15) is 4.79 Å². The first-order valence-corrected chi connectivity index (χ1v) is 9.98. The van der Waals surface area contributed by atoms with Crippen molar-refractivity contribution < 1.29 is 14.1 Å². The Labute approximate surface area is 179 Å². The van der Waals surface area contributed by atoms with E-state index in [-0.39, 0.29) is 17.6 Å². The fourth-order valence-electron chi connectivity index (χ4n) is 3.55. The zero-order valence-electron chi connectivity index (χ0n) is 17.0. The van der Waals surface area contributed by atoms with E-state index >= 15 is 0 Å². The molecule has 0 spiro atoms. The molecule has 0 radical (unpaired) electrons. The quantitative estimate of drug-likeness (QED) is 0.481. The van der Waals surface area contributed by atoms with Crippen molar-refractivity contribution in [2.75, 3.05) is 7.11 Å². The Morgan fingerprint density at radius 1 is 1.23 bits per heavy atom. The van der Waals surface area contributed by atoms with E-state index in [1.807, 2.05) is 44.3 Å². The molecule has 1 atom stereocenters. The average Bonchev–Trinajstić information content (AvgIpc) is 3.34. The number of amides is 1. The molecule has 0 aliphatic carbocycles. The third kappa shape index (κ3) is 4.04. The topological polar surface area (TPSA) is 69.3 Å². The molecule has 30 heavy (non-hydrogen) atoms. The van der Waals surface area contributed by atoms with E-state index in [1.54, 1.807) is 25.3 Å². The molecule has 6 nitrogen and oxygen atoms in total. The van der Waals surface area contributed by atoms with Crippen LogP contribution in [0, 0.1) is 0 Å². The third-order valence-electron chi connectivity index (χ3n) is 5.05. The van der Waals surface area contributed by atoms with Crippen LogP contribution in [0.5, 0.6) is 5.75 Å². The second-order valence-electron chi connectivity index (χ2n) is 7.31. The summed E-state index contributed by atoms with van der Waals surface area (Å²) in [4.78, 5) is 12.6. The summed E-state index contributed by atoms with van der Waals surface area (Å²) in [7, 11) is 3.66. The number of ether oxygens (including phenoxy) is 1. The maximum Gasteiger partial charge on any atom is 0.273 e. The molecular formula is C23H22ClN3O3. The van der Waals surface area contributed by atoms with Crippen LogP contribution in [0.2, 0.25) is 5.02 Å². The van der Waals surface area contributed by atoms with Gasteiger partial charge in [-0.3, -0.25) is 4.79 Å². The minimum Gasteiger partial charge on any atom is -0.497 e. The summed E-state index contributed by atoms with van der Waals surface area (Å²) in [6.45, 7) is 1.97. The van der Waals surface area contributed by atoms with Gasteiger partial charge in [0, 0.05) is 46.8 Å². The van der Waals surface area contributed by atoms with Crippen molar-refractivity contribution >= 4 is 28.4 Å². The van der Waals surface area contributed by atoms with Gasteiger partial charge in [-0.2, -0.15) is 0 Å². The fourth-order valence-corrected chi connectivity index (χ4v) is 3.68. The Morgan fingerprint density at radius 3 is 2.73 bits per heavy atom. The lowest BCUT2D eigenvalue weighted by atomic mass is 10.1. The lowest BCUT2D eigenvalue weighted by Gasteiger charge is -2.12. The number of carbonyl (C=O) groups excluding carboxylic acids is 1. The number of rotatable bonds is 6. The Bertz CT molecular complexity index is 1190. The molecule has 0 aliphatic rings. The standard InChI is InChI=1S/C23H22ClN3O3/c1-14(10-16-13-27(2)21-9-8-18(29-3)11-19(16)21)25-23(28)20-12-22(30-26-20)15-4-6-17(24)7-5-15/h4-9,11-14H,10H2,1-3H3,(H,25,28)/t14-/m0/s1. The van der Waals surface area contributed by atoms with Crippen LogP contribution < -0.4 is 10.1 Å². The van der Waals surface area contributed by atoms with Gasteiger partial charge in [-0.25, -0.2) is 0 Å². The van der Waals surface area contributed by atoms with Gasteiger partial charge in [0.05, 0.1) is 7.11 Å². The number of methoxy groups -OCH3 is 1. The largest absolute Gasteiger partial charge is 0.497 e. The highest BCUT2D eigenvalue weighted by Crippen LogP contribution is 2.26. The maximum atomic E-state index is 12.6. The summed E-state index contributed by atoms with van der Waals surface area (Å²) in [6, 6.07) is 14.7. The van der Waals surface area contributed by atoms with E-state index in [0.29, 0.717) is 17.2 Å². The number of nitrogens with one attached hydrogen (secondary N) is 1. The highest BCUT2D eigenvalue weighted by molar-refractivity contribution is 6.30. The van der Waals surface area contributed by atoms with Crippen LogP contribution in [0.4, 0.5) is 0 Å². The van der Waals surface area contributed by atoms with Crippen molar-refractivity contribution in [1.82, 2.24) is 15.0 Å². The second-order valence-corrected chi connectivity index (χ2v) is 7.75. The summed E-state index contributed by atoms with van der Waals surface area (Å²) < 4.78 is 12.8. The zero-order valence-corrected chi connectivity index (χ0v) is 17.7. The van der Waals surface area contributed by atoms with E-state index in [1.165, 1.54) is 0 Å². The van der Waals surface area contributed by atoms with Crippen molar-refractivity contribution in [2.45, 2.75) is 19.4 Å². The van der Waals surface area contributed by atoms with Gasteiger partial charge in [0.2, 0.25) is 0 Å². The molecule has 0 aliphatic heterocycles. The normalized spacial score (nSPS) is 12.1. The summed E-state index contributed by atoms with van der Waals surface area (Å²) >= 11 is 5.91. The Balaban J connectivity index is 1.47. The average molecular weight is 424 g/mol. The van der Waals surface area contributed by atoms with E-state index in [4.69, 9.17) is 20.9 Å². The third-order valence-corrected chi connectivity index (χ3v) is 5.31. The molecule has 4 rings (SSSR count). The molecule has 2 aromatic carbocycles. The first kappa shape index (κ1) is 20.0. The van der Waals surface area contributed by atoms with E-state index in [2.05, 4.69) is 21.2 Å². The maximum absolute atomic E-state index is 12.6. The Kier molecular flexibility index (Phi) is 5.50. The van der Waals surface area contributed by atoms with Gasteiger partial charge in [0.1, 0.15) is 5.75 Å². The summed E-state index contributed by atoms with van der Waals surface area (Å²) in [5, 5.41) is 8.66. The number of fused-ring (bicyclic) bond motifs is 1. The van der Waals surface area contributed by atoms with Gasteiger partial charge < -0.3 is 19.1 Å². The fraction of sp³-hybridized carbons (Fsp3) is 0.217. The predicted molar refractivity (Wildman–Crippen MR) is 117 cm³/mol. The molecular weight excluding hydrogens is 402 g/mol. The molecule has 0 saturated carbocycles. The first-order chi connectivity index (χ1) is 14.4. The Hall–Kier alpha value is -3.25. The molecule has 0 unspecified atom stereocenters. The molecule has 7 heteroatoms. The lowest BCUT2D eigenvalue weighted by molar-refractivity contribution is 0.0931. The van der Waals surface area contributed by atoms with Crippen LogP contribution in [-0.4, -0.2) is 28.8 Å². The van der Waals surface area contributed by atoms with Crippen molar-refractivity contribution in [3.8, 4) is 17.1 Å². The number of aryl methyl sites for hydroxylation is 1. The van der Waals surface area contributed by atoms with E-state index < -0.39 is 0 Å². The molecule has 154 valence electrons. The van der Waals surface area contributed by atoms with Crippen LogP contribution in [0.1, 0.15) is 23.0 Å². The van der Waals surface area contributed by atoms with Crippen LogP contribution in [-0.2, 0) is 13.5 Å². The van der Waals surface area contributed by atoms with Gasteiger partial charge in [-0.05, 0) is 61.4 Å².